The highest BCUT2D eigenvalue weighted by molar-refractivity contribution is 6.04. The Labute approximate surface area is 144 Å². The lowest BCUT2D eigenvalue weighted by Crippen LogP contribution is -2.02. The van der Waals surface area contributed by atoms with Crippen LogP contribution >= 0.6 is 0 Å². The van der Waals surface area contributed by atoms with Gasteiger partial charge >= 0.3 is 0 Å². The van der Waals surface area contributed by atoms with Crippen molar-refractivity contribution in [1.82, 2.24) is 0 Å². The third kappa shape index (κ3) is 5.17. The number of hydrogen-bond acceptors (Lipinski definition) is 2. The van der Waals surface area contributed by atoms with Gasteiger partial charge < -0.3 is 0 Å². The minimum absolute atomic E-state index is 0.417. The van der Waals surface area contributed by atoms with E-state index in [4.69, 9.17) is 0 Å². The fourth-order valence-electron chi connectivity index (χ4n) is 2.54. The van der Waals surface area contributed by atoms with Crippen molar-refractivity contribution in [3.8, 4) is 0 Å². The number of allylic oxidation sites excluding steroid dienone is 4. The van der Waals surface area contributed by atoms with Gasteiger partial charge in [0.15, 0.2) is 0 Å². The maximum atomic E-state index is 4.63. The van der Waals surface area contributed by atoms with E-state index in [0.29, 0.717) is 5.92 Å². The minimum atomic E-state index is 0.417. The van der Waals surface area contributed by atoms with Gasteiger partial charge in [-0.25, -0.2) is 0 Å². The van der Waals surface area contributed by atoms with Gasteiger partial charge in [-0.3, -0.25) is 9.98 Å². The zero-order chi connectivity index (χ0) is 16.5. The summed E-state index contributed by atoms with van der Waals surface area (Å²) in [4.78, 5) is 9.14. The van der Waals surface area contributed by atoms with E-state index >= 15 is 0 Å². The van der Waals surface area contributed by atoms with Gasteiger partial charge in [-0.2, -0.15) is 0 Å². The Morgan fingerprint density at radius 3 is 1.96 bits per heavy atom. The second-order valence-electron chi connectivity index (χ2n) is 5.85. The number of aliphatic imine (C=N–C) groups is 2. The second kappa shape index (κ2) is 8.78. The molecule has 0 atom stereocenters. The zero-order valence-electron chi connectivity index (χ0n) is 13.8. The first-order valence-corrected chi connectivity index (χ1v) is 8.37. The van der Waals surface area contributed by atoms with Gasteiger partial charge in [0.25, 0.3) is 0 Å². The Morgan fingerprint density at radius 1 is 0.750 bits per heavy atom. The normalized spacial score (nSPS) is 16.7. The van der Waals surface area contributed by atoms with E-state index in [2.05, 4.69) is 58.6 Å². The smallest absolute Gasteiger partial charge is 0.0646 e. The molecule has 1 aliphatic carbocycles. The van der Waals surface area contributed by atoms with E-state index in [1.165, 1.54) is 11.1 Å². The molecule has 120 valence electrons. The van der Waals surface area contributed by atoms with Crippen molar-refractivity contribution in [3.63, 3.8) is 0 Å². The van der Waals surface area contributed by atoms with E-state index in [1.807, 2.05) is 42.6 Å². The number of rotatable bonds is 6. The molecular weight excluding hydrogens is 292 g/mol. The predicted molar refractivity (Wildman–Crippen MR) is 103 cm³/mol. The van der Waals surface area contributed by atoms with Crippen LogP contribution in [-0.2, 0) is 13.1 Å². The zero-order valence-corrected chi connectivity index (χ0v) is 13.8. The molecule has 0 saturated heterocycles. The van der Waals surface area contributed by atoms with Crippen LogP contribution < -0.4 is 0 Å². The monoisotopic (exact) mass is 314 g/mol. The van der Waals surface area contributed by atoms with E-state index in [9.17, 15) is 0 Å². The molecule has 2 aromatic carbocycles. The highest BCUT2D eigenvalue weighted by Gasteiger charge is 2.04. The lowest BCUT2D eigenvalue weighted by Gasteiger charge is -2.09. The van der Waals surface area contributed by atoms with E-state index in [0.717, 1.165) is 25.2 Å². The standard InChI is InChI=1S/C22H22N2/c1-3-7-20(8-4-1)17-23-16-15-19-11-13-22(14-12-19)24-18-21-9-5-2-6-10-21/h1-14,16,19H,15,17-18H2. The molecule has 1 aliphatic rings. The maximum Gasteiger partial charge on any atom is 0.0646 e. The number of nitrogens with zero attached hydrogens (tertiary/aromatic N) is 2. The summed E-state index contributed by atoms with van der Waals surface area (Å²) in [6, 6.07) is 20.7. The van der Waals surface area contributed by atoms with Crippen LogP contribution in [0.15, 0.2) is 95.0 Å². The van der Waals surface area contributed by atoms with Gasteiger partial charge in [-0.1, -0.05) is 72.8 Å². The van der Waals surface area contributed by atoms with Crippen LogP contribution in [-0.4, -0.2) is 11.9 Å². The highest BCUT2D eigenvalue weighted by Crippen LogP contribution is 2.12. The molecule has 0 fully saturated rings. The van der Waals surface area contributed by atoms with E-state index in [1.54, 1.807) is 0 Å². The van der Waals surface area contributed by atoms with Crippen LogP contribution in [0.4, 0.5) is 0 Å². The summed E-state index contributed by atoms with van der Waals surface area (Å²) < 4.78 is 0. The molecule has 0 amide bonds. The Bertz CT molecular complexity index is 724. The number of benzene rings is 2. The Kier molecular flexibility index (Phi) is 5.90. The van der Waals surface area contributed by atoms with Crippen molar-refractivity contribution in [3.05, 3.63) is 96.1 Å². The minimum Gasteiger partial charge on any atom is -0.293 e. The van der Waals surface area contributed by atoms with Crippen molar-refractivity contribution in [1.29, 1.82) is 0 Å². The third-order valence-corrected chi connectivity index (χ3v) is 3.94. The van der Waals surface area contributed by atoms with Crippen LogP contribution in [0.25, 0.3) is 0 Å². The molecule has 0 aliphatic heterocycles. The van der Waals surface area contributed by atoms with Gasteiger partial charge in [-0.05, 0) is 35.9 Å². The molecule has 3 rings (SSSR count). The topological polar surface area (TPSA) is 24.7 Å². The SMILES string of the molecule is C1=CC(CC=NCc2ccccc2)C=CC1=NCc1ccccc1. The molecule has 0 radical (unpaired) electrons. The van der Waals surface area contributed by atoms with Gasteiger partial charge in [0.1, 0.15) is 0 Å². The summed E-state index contributed by atoms with van der Waals surface area (Å²) in [5.74, 6) is 0.417. The molecule has 2 heteroatoms. The van der Waals surface area contributed by atoms with Crippen LogP contribution in [0.2, 0.25) is 0 Å². The lowest BCUT2D eigenvalue weighted by atomic mass is 9.99. The average molecular weight is 314 g/mol. The molecule has 2 nitrogen and oxygen atoms in total. The molecule has 0 saturated carbocycles. The van der Waals surface area contributed by atoms with Gasteiger partial charge in [0.2, 0.25) is 0 Å². The largest absolute Gasteiger partial charge is 0.293 e. The Morgan fingerprint density at radius 2 is 1.33 bits per heavy atom. The summed E-state index contributed by atoms with van der Waals surface area (Å²) in [6.45, 7) is 1.48. The first-order valence-electron chi connectivity index (χ1n) is 8.37. The molecule has 0 spiro atoms. The molecule has 0 unspecified atom stereocenters. The van der Waals surface area contributed by atoms with Crippen LogP contribution in [0.3, 0.4) is 0 Å². The number of hydrogen-bond donors (Lipinski definition) is 0. The first-order chi connectivity index (χ1) is 11.9. The molecule has 0 aromatic heterocycles. The van der Waals surface area contributed by atoms with Crippen molar-refractivity contribution in [2.24, 2.45) is 15.9 Å². The van der Waals surface area contributed by atoms with Crippen molar-refractivity contribution in [2.45, 2.75) is 19.5 Å². The van der Waals surface area contributed by atoms with Crippen molar-refractivity contribution in [2.75, 3.05) is 0 Å². The quantitative estimate of drug-likeness (QED) is 0.668. The van der Waals surface area contributed by atoms with Crippen molar-refractivity contribution >= 4 is 11.9 Å². The second-order valence-corrected chi connectivity index (χ2v) is 5.85. The van der Waals surface area contributed by atoms with Gasteiger partial charge in [-0.15, -0.1) is 0 Å². The molecule has 0 N–H and O–H groups in total. The summed E-state index contributed by atoms with van der Waals surface area (Å²) in [6.07, 6.45) is 11.6. The molecule has 2 aromatic rings. The predicted octanol–water partition coefficient (Wildman–Crippen LogP) is 5.03. The van der Waals surface area contributed by atoms with E-state index < -0.39 is 0 Å². The molecular formula is C22H22N2. The Hall–Kier alpha value is -2.74. The van der Waals surface area contributed by atoms with Crippen LogP contribution in [0, 0.1) is 5.92 Å². The highest BCUT2D eigenvalue weighted by atomic mass is 14.7. The molecule has 0 heterocycles. The van der Waals surface area contributed by atoms with E-state index in [-0.39, 0.29) is 0 Å². The van der Waals surface area contributed by atoms with Gasteiger partial charge in [0, 0.05) is 5.92 Å². The van der Waals surface area contributed by atoms with Crippen molar-refractivity contribution < 1.29 is 0 Å². The average Bonchev–Trinajstić information content (AvgIpc) is 2.66. The fourth-order valence-corrected chi connectivity index (χ4v) is 2.54. The summed E-state index contributed by atoms with van der Waals surface area (Å²) in [7, 11) is 0. The third-order valence-electron chi connectivity index (χ3n) is 3.94. The van der Waals surface area contributed by atoms with Crippen LogP contribution in [0.1, 0.15) is 17.5 Å². The maximum absolute atomic E-state index is 4.63. The first kappa shape index (κ1) is 16.1. The molecule has 0 bridgehead atoms. The fraction of sp³-hybridized carbons (Fsp3) is 0.182. The molecule has 24 heavy (non-hydrogen) atoms. The summed E-state index contributed by atoms with van der Waals surface area (Å²) in [5.41, 5.74) is 3.53. The summed E-state index contributed by atoms with van der Waals surface area (Å²) in [5, 5.41) is 0. The van der Waals surface area contributed by atoms with Gasteiger partial charge in [0.05, 0.1) is 18.8 Å². The Balaban J connectivity index is 1.45. The lowest BCUT2D eigenvalue weighted by molar-refractivity contribution is 0.862. The summed E-state index contributed by atoms with van der Waals surface area (Å²) >= 11 is 0. The van der Waals surface area contributed by atoms with Crippen LogP contribution in [0.5, 0.6) is 0 Å².